The summed E-state index contributed by atoms with van der Waals surface area (Å²) in [4.78, 5) is 25.5. The van der Waals surface area contributed by atoms with Gasteiger partial charge in [-0.25, -0.2) is 0 Å². The molecule has 0 bridgehead atoms. The summed E-state index contributed by atoms with van der Waals surface area (Å²) >= 11 is 0. The molecule has 27 heavy (non-hydrogen) atoms. The van der Waals surface area contributed by atoms with Crippen molar-refractivity contribution in [3.05, 3.63) is 52.0 Å². The van der Waals surface area contributed by atoms with E-state index >= 15 is 0 Å². The van der Waals surface area contributed by atoms with E-state index in [4.69, 9.17) is 9.15 Å². The maximum Gasteiger partial charge on any atom is 0.333 e. The minimum absolute atomic E-state index is 0.00384. The summed E-state index contributed by atoms with van der Waals surface area (Å²) in [7, 11) is 0. The fourth-order valence-electron chi connectivity index (χ4n) is 3.37. The number of furan rings is 1. The Kier molecular flexibility index (Phi) is 5.63. The van der Waals surface area contributed by atoms with Gasteiger partial charge in [0, 0.05) is 19.1 Å². The van der Waals surface area contributed by atoms with E-state index in [0.717, 1.165) is 0 Å². The average molecular weight is 373 g/mol. The summed E-state index contributed by atoms with van der Waals surface area (Å²) < 4.78 is 10.6. The summed E-state index contributed by atoms with van der Waals surface area (Å²) in [6, 6.07) is 6.81. The molecule has 0 unspecified atom stereocenters. The van der Waals surface area contributed by atoms with Gasteiger partial charge < -0.3 is 19.4 Å². The number of rotatable bonds is 6. The lowest BCUT2D eigenvalue weighted by molar-refractivity contribution is -0.385. The van der Waals surface area contributed by atoms with Crippen LogP contribution in [0.4, 0.5) is 11.4 Å². The lowest BCUT2D eigenvalue weighted by atomic mass is 10.0. The quantitative estimate of drug-likeness (QED) is 0.616. The number of nitrogens with one attached hydrogen (secondary N) is 1. The molecule has 1 aliphatic rings. The van der Waals surface area contributed by atoms with Gasteiger partial charge in [-0.3, -0.25) is 14.9 Å². The number of carbonyl (C=O) groups excluding carboxylic acids is 1. The van der Waals surface area contributed by atoms with E-state index in [1.165, 1.54) is 6.26 Å². The molecule has 2 heterocycles. The molecule has 0 radical (unpaired) electrons. The second-order valence-corrected chi connectivity index (χ2v) is 6.44. The molecule has 1 aliphatic heterocycles. The van der Waals surface area contributed by atoms with Gasteiger partial charge in [0.25, 0.3) is 5.91 Å². The lowest BCUT2D eigenvalue weighted by Crippen LogP contribution is -2.44. The average Bonchev–Trinajstić information content (AvgIpc) is 3.08. The summed E-state index contributed by atoms with van der Waals surface area (Å²) in [5.41, 5.74) is 1.09. The standard InChI is InChI=1S/C19H23N3O5/c1-3-26-17-6-4-5-16(18(17)22(24)25)21-10-7-14(8-11-21)20-19(23)15-9-12-27-13(15)2/h4-6,9,12,14H,3,7-8,10-11H2,1-2H3,(H,20,23). The second-order valence-electron chi connectivity index (χ2n) is 6.44. The highest BCUT2D eigenvalue weighted by Crippen LogP contribution is 2.38. The zero-order valence-corrected chi connectivity index (χ0v) is 15.4. The molecular formula is C19H23N3O5. The molecule has 0 spiro atoms. The molecular weight excluding hydrogens is 350 g/mol. The van der Waals surface area contributed by atoms with Gasteiger partial charge in [-0.05, 0) is 44.9 Å². The highest BCUT2D eigenvalue weighted by Gasteiger charge is 2.29. The third-order valence-electron chi connectivity index (χ3n) is 4.73. The molecule has 1 amide bonds. The monoisotopic (exact) mass is 373 g/mol. The molecule has 0 saturated carbocycles. The smallest absolute Gasteiger partial charge is 0.333 e. The van der Waals surface area contributed by atoms with E-state index in [1.54, 1.807) is 38.1 Å². The van der Waals surface area contributed by atoms with Gasteiger partial charge in [0.2, 0.25) is 0 Å². The van der Waals surface area contributed by atoms with Crippen LogP contribution in [0.2, 0.25) is 0 Å². The van der Waals surface area contributed by atoms with Crippen LogP contribution >= 0.6 is 0 Å². The second kappa shape index (κ2) is 8.11. The molecule has 1 fully saturated rings. The van der Waals surface area contributed by atoms with Crippen LogP contribution in [-0.2, 0) is 0 Å². The first-order chi connectivity index (χ1) is 13.0. The number of nitro groups is 1. The van der Waals surface area contributed by atoms with Crippen molar-refractivity contribution in [3.63, 3.8) is 0 Å². The van der Waals surface area contributed by atoms with E-state index in [0.29, 0.717) is 49.5 Å². The molecule has 1 N–H and O–H groups in total. The lowest BCUT2D eigenvalue weighted by Gasteiger charge is -2.33. The van der Waals surface area contributed by atoms with Gasteiger partial charge in [0.05, 0.1) is 23.4 Å². The van der Waals surface area contributed by atoms with Gasteiger partial charge in [0.1, 0.15) is 11.4 Å². The summed E-state index contributed by atoms with van der Waals surface area (Å²) in [5.74, 6) is 0.725. The summed E-state index contributed by atoms with van der Waals surface area (Å²) in [5, 5.41) is 14.6. The first-order valence-electron chi connectivity index (χ1n) is 9.01. The number of nitro benzene ring substituents is 1. The van der Waals surface area contributed by atoms with Gasteiger partial charge in [0.15, 0.2) is 5.75 Å². The largest absolute Gasteiger partial charge is 0.487 e. The molecule has 144 valence electrons. The van der Waals surface area contributed by atoms with Gasteiger partial charge >= 0.3 is 5.69 Å². The van der Waals surface area contributed by atoms with Crippen molar-refractivity contribution in [3.8, 4) is 5.75 Å². The SMILES string of the molecule is CCOc1cccc(N2CCC(NC(=O)c3ccoc3C)CC2)c1[N+](=O)[O-]. The first-order valence-corrected chi connectivity index (χ1v) is 9.01. The van der Waals surface area contributed by atoms with E-state index in [1.807, 2.05) is 4.90 Å². The summed E-state index contributed by atoms with van der Waals surface area (Å²) in [6.45, 7) is 5.15. The van der Waals surface area contributed by atoms with Crippen molar-refractivity contribution >= 4 is 17.3 Å². The van der Waals surface area contributed by atoms with Gasteiger partial charge in [-0.2, -0.15) is 0 Å². The molecule has 8 nitrogen and oxygen atoms in total. The Morgan fingerprint density at radius 3 is 2.70 bits per heavy atom. The Hall–Kier alpha value is -3.03. The number of carbonyl (C=O) groups is 1. The van der Waals surface area contributed by atoms with Crippen LogP contribution in [0.3, 0.4) is 0 Å². The van der Waals surface area contributed by atoms with E-state index in [9.17, 15) is 14.9 Å². The van der Waals surface area contributed by atoms with E-state index in [2.05, 4.69) is 5.32 Å². The molecule has 0 aliphatic carbocycles. The van der Waals surface area contributed by atoms with Crippen molar-refractivity contribution in [2.45, 2.75) is 32.7 Å². The molecule has 2 aromatic rings. The fraction of sp³-hybridized carbons (Fsp3) is 0.421. The number of ether oxygens (including phenoxy) is 1. The molecule has 1 aromatic carbocycles. The zero-order valence-electron chi connectivity index (χ0n) is 15.4. The Bertz CT molecular complexity index is 825. The highest BCUT2D eigenvalue weighted by molar-refractivity contribution is 5.95. The third kappa shape index (κ3) is 4.05. The molecule has 8 heteroatoms. The van der Waals surface area contributed by atoms with Crippen molar-refractivity contribution in [2.75, 3.05) is 24.6 Å². The number of hydrogen-bond acceptors (Lipinski definition) is 6. The maximum absolute atomic E-state index is 12.3. The minimum Gasteiger partial charge on any atom is -0.487 e. The number of aryl methyl sites for hydroxylation is 1. The van der Waals surface area contributed by atoms with Gasteiger partial charge in [-0.15, -0.1) is 0 Å². The van der Waals surface area contributed by atoms with Crippen LogP contribution in [0, 0.1) is 17.0 Å². The van der Waals surface area contributed by atoms with Crippen molar-refractivity contribution in [2.24, 2.45) is 0 Å². The molecule has 3 rings (SSSR count). The van der Waals surface area contributed by atoms with Crippen LogP contribution < -0.4 is 15.0 Å². The van der Waals surface area contributed by atoms with E-state index < -0.39 is 4.92 Å². The Balaban J connectivity index is 1.67. The third-order valence-corrected chi connectivity index (χ3v) is 4.73. The Morgan fingerprint density at radius 2 is 2.11 bits per heavy atom. The molecule has 1 saturated heterocycles. The van der Waals surface area contributed by atoms with E-state index in [-0.39, 0.29) is 23.4 Å². The van der Waals surface area contributed by atoms with Crippen molar-refractivity contribution in [1.29, 1.82) is 0 Å². The number of para-hydroxylation sites is 1. The van der Waals surface area contributed by atoms with Crippen LogP contribution in [0.5, 0.6) is 5.75 Å². The number of anilines is 1. The summed E-state index contributed by atoms with van der Waals surface area (Å²) in [6.07, 6.45) is 2.91. The van der Waals surface area contributed by atoms with Crippen molar-refractivity contribution in [1.82, 2.24) is 5.32 Å². The van der Waals surface area contributed by atoms with Gasteiger partial charge in [-0.1, -0.05) is 6.07 Å². The topological polar surface area (TPSA) is 97.8 Å². The minimum atomic E-state index is -0.393. The zero-order chi connectivity index (χ0) is 19.4. The normalized spacial score (nSPS) is 14.8. The van der Waals surface area contributed by atoms with Crippen LogP contribution in [0.25, 0.3) is 0 Å². The number of amides is 1. The van der Waals surface area contributed by atoms with Crippen LogP contribution in [0.15, 0.2) is 34.9 Å². The first kappa shape index (κ1) is 18.8. The predicted octanol–water partition coefficient (Wildman–Crippen LogP) is 3.29. The Labute approximate surface area is 157 Å². The fourth-order valence-corrected chi connectivity index (χ4v) is 3.37. The van der Waals surface area contributed by atoms with Crippen LogP contribution in [0.1, 0.15) is 35.9 Å². The number of nitrogens with zero attached hydrogens (tertiary/aromatic N) is 2. The number of piperidine rings is 1. The van der Waals surface area contributed by atoms with Crippen LogP contribution in [-0.4, -0.2) is 36.6 Å². The number of hydrogen-bond donors (Lipinski definition) is 1. The molecule has 0 atom stereocenters. The predicted molar refractivity (Wildman–Crippen MR) is 100 cm³/mol. The van der Waals surface area contributed by atoms with Crippen molar-refractivity contribution < 1.29 is 18.9 Å². The number of benzene rings is 1. The highest BCUT2D eigenvalue weighted by atomic mass is 16.6. The molecule has 1 aromatic heterocycles. The maximum atomic E-state index is 12.3. The Morgan fingerprint density at radius 1 is 1.37 bits per heavy atom.